The number of benzene rings is 1. The predicted octanol–water partition coefficient (Wildman–Crippen LogP) is 3.12. The molecular formula is C16H27NO. The van der Waals surface area contributed by atoms with Crippen molar-refractivity contribution in [3.05, 3.63) is 33.9 Å². The standard InChI is InChI=1S/C16H27NO/c1-9-7-10(2)13(5)16(12(9)4)11(3)8-15(18)14(6)17/h7,11,14-15,18H,8,17H2,1-6H3. The zero-order chi connectivity index (χ0) is 14.0. The van der Waals surface area contributed by atoms with Crippen LogP contribution in [0, 0.1) is 27.7 Å². The van der Waals surface area contributed by atoms with Crippen molar-refractivity contribution in [3.8, 4) is 0 Å². The van der Waals surface area contributed by atoms with Crippen LogP contribution in [0.5, 0.6) is 0 Å². The van der Waals surface area contributed by atoms with Gasteiger partial charge in [-0.2, -0.15) is 0 Å². The predicted molar refractivity (Wildman–Crippen MR) is 78.1 cm³/mol. The highest BCUT2D eigenvalue weighted by atomic mass is 16.3. The van der Waals surface area contributed by atoms with E-state index in [9.17, 15) is 5.11 Å². The number of aliphatic hydroxyl groups is 1. The zero-order valence-corrected chi connectivity index (χ0v) is 12.5. The van der Waals surface area contributed by atoms with Gasteiger partial charge in [-0.05, 0) is 74.8 Å². The molecule has 2 nitrogen and oxygen atoms in total. The van der Waals surface area contributed by atoms with Crippen LogP contribution in [0.2, 0.25) is 0 Å². The molecule has 0 saturated carbocycles. The summed E-state index contributed by atoms with van der Waals surface area (Å²) in [7, 11) is 0. The van der Waals surface area contributed by atoms with Gasteiger partial charge in [-0.1, -0.05) is 13.0 Å². The maximum atomic E-state index is 9.95. The summed E-state index contributed by atoms with van der Waals surface area (Å²) in [5.41, 5.74) is 12.5. The topological polar surface area (TPSA) is 46.2 Å². The van der Waals surface area contributed by atoms with Crippen LogP contribution >= 0.6 is 0 Å². The Labute approximate surface area is 111 Å². The molecule has 1 rings (SSSR count). The fourth-order valence-corrected chi connectivity index (χ4v) is 2.68. The summed E-state index contributed by atoms with van der Waals surface area (Å²) in [5.74, 6) is 0.338. The van der Waals surface area contributed by atoms with Crippen LogP contribution < -0.4 is 5.73 Å². The van der Waals surface area contributed by atoms with Crippen LogP contribution in [0.25, 0.3) is 0 Å². The SMILES string of the molecule is Cc1cc(C)c(C)c(C(C)CC(O)C(C)N)c1C. The molecule has 0 heterocycles. The molecule has 3 N–H and O–H groups in total. The van der Waals surface area contributed by atoms with Crippen LogP contribution in [0.1, 0.15) is 54.0 Å². The van der Waals surface area contributed by atoms with E-state index in [0.717, 1.165) is 6.42 Å². The molecule has 1 aromatic carbocycles. The van der Waals surface area contributed by atoms with Gasteiger partial charge in [-0.25, -0.2) is 0 Å². The van der Waals surface area contributed by atoms with Crippen molar-refractivity contribution in [1.82, 2.24) is 0 Å². The number of aliphatic hydroxyl groups excluding tert-OH is 1. The molecule has 0 fully saturated rings. The van der Waals surface area contributed by atoms with Crippen molar-refractivity contribution in [2.24, 2.45) is 5.73 Å². The molecule has 102 valence electrons. The summed E-state index contributed by atoms with van der Waals surface area (Å²) in [6.45, 7) is 12.7. The maximum absolute atomic E-state index is 9.95. The molecule has 0 saturated heterocycles. The monoisotopic (exact) mass is 249 g/mol. The summed E-state index contributed by atoms with van der Waals surface area (Å²) in [5, 5.41) is 9.95. The number of nitrogens with two attached hydrogens (primary N) is 1. The highest BCUT2D eigenvalue weighted by Gasteiger charge is 2.19. The van der Waals surface area contributed by atoms with E-state index < -0.39 is 6.10 Å². The van der Waals surface area contributed by atoms with Crippen molar-refractivity contribution < 1.29 is 5.11 Å². The van der Waals surface area contributed by atoms with E-state index in [-0.39, 0.29) is 6.04 Å². The quantitative estimate of drug-likeness (QED) is 0.861. The number of hydrogen-bond donors (Lipinski definition) is 2. The average molecular weight is 249 g/mol. The highest BCUT2D eigenvalue weighted by Crippen LogP contribution is 2.31. The lowest BCUT2D eigenvalue weighted by atomic mass is 9.84. The molecule has 18 heavy (non-hydrogen) atoms. The fourth-order valence-electron chi connectivity index (χ4n) is 2.68. The van der Waals surface area contributed by atoms with Gasteiger partial charge in [-0.3, -0.25) is 0 Å². The highest BCUT2D eigenvalue weighted by molar-refractivity contribution is 5.45. The number of rotatable bonds is 4. The normalized spacial score (nSPS) is 16.4. The maximum Gasteiger partial charge on any atom is 0.0694 e. The van der Waals surface area contributed by atoms with Gasteiger partial charge in [0.15, 0.2) is 0 Å². The van der Waals surface area contributed by atoms with Gasteiger partial charge < -0.3 is 10.8 Å². The van der Waals surface area contributed by atoms with Gasteiger partial charge in [0.1, 0.15) is 0 Å². The third kappa shape index (κ3) is 3.12. The Morgan fingerprint density at radius 1 is 1.06 bits per heavy atom. The van der Waals surface area contributed by atoms with Gasteiger partial charge >= 0.3 is 0 Å². The van der Waals surface area contributed by atoms with Crippen LogP contribution in [0.4, 0.5) is 0 Å². The largest absolute Gasteiger partial charge is 0.392 e. The van der Waals surface area contributed by atoms with E-state index in [1.807, 2.05) is 6.92 Å². The van der Waals surface area contributed by atoms with E-state index in [1.54, 1.807) is 0 Å². The van der Waals surface area contributed by atoms with E-state index in [1.165, 1.54) is 27.8 Å². The molecule has 0 radical (unpaired) electrons. The second kappa shape index (κ2) is 5.85. The zero-order valence-electron chi connectivity index (χ0n) is 12.5. The van der Waals surface area contributed by atoms with Crippen LogP contribution in [0.15, 0.2) is 6.07 Å². The molecule has 0 bridgehead atoms. The number of hydrogen-bond acceptors (Lipinski definition) is 2. The molecule has 0 aliphatic carbocycles. The Kier molecular flexibility index (Phi) is 4.94. The van der Waals surface area contributed by atoms with Gasteiger partial charge in [0, 0.05) is 6.04 Å². The Morgan fingerprint density at radius 3 is 1.89 bits per heavy atom. The third-order valence-electron chi connectivity index (χ3n) is 4.12. The van der Waals surface area contributed by atoms with Crippen molar-refractivity contribution in [1.29, 1.82) is 0 Å². The Balaban J connectivity index is 3.09. The second-order valence-electron chi connectivity index (χ2n) is 5.74. The first-order chi connectivity index (χ1) is 8.25. The molecule has 0 spiro atoms. The van der Waals surface area contributed by atoms with E-state index >= 15 is 0 Å². The average Bonchev–Trinajstić information content (AvgIpc) is 2.26. The van der Waals surface area contributed by atoms with E-state index in [0.29, 0.717) is 5.92 Å². The summed E-state index contributed by atoms with van der Waals surface area (Å²) in [4.78, 5) is 0. The molecule has 0 aliphatic rings. The lowest BCUT2D eigenvalue weighted by molar-refractivity contribution is 0.134. The summed E-state index contributed by atoms with van der Waals surface area (Å²) >= 11 is 0. The third-order valence-corrected chi connectivity index (χ3v) is 4.12. The summed E-state index contributed by atoms with van der Waals surface area (Å²) < 4.78 is 0. The molecule has 3 atom stereocenters. The minimum atomic E-state index is -0.431. The van der Waals surface area contributed by atoms with Gasteiger partial charge in [0.05, 0.1) is 6.10 Å². The Bertz CT molecular complexity index is 397. The summed E-state index contributed by atoms with van der Waals surface area (Å²) in [6, 6.07) is 2.07. The molecule has 0 aliphatic heterocycles. The molecule has 1 aromatic rings. The number of aryl methyl sites for hydroxylation is 2. The van der Waals surface area contributed by atoms with Crippen molar-refractivity contribution in [2.75, 3.05) is 0 Å². The molecular weight excluding hydrogens is 222 g/mol. The molecule has 2 heteroatoms. The Hall–Kier alpha value is -0.860. The molecule has 0 aromatic heterocycles. The van der Waals surface area contributed by atoms with Crippen LogP contribution in [-0.4, -0.2) is 17.3 Å². The minimum Gasteiger partial charge on any atom is -0.392 e. The van der Waals surface area contributed by atoms with Crippen molar-refractivity contribution >= 4 is 0 Å². The lowest BCUT2D eigenvalue weighted by Crippen LogP contribution is -2.32. The summed E-state index contributed by atoms with van der Waals surface area (Å²) in [6.07, 6.45) is 0.294. The second-order valence-corrected chi connectivity index (χ2v) is 5.74. The lowest BCUT2D eigenvalue weighted by Gasteiger charge is -2.24. The van der Waals surface area contributed by atoms with E-state index in [2.05, 4.69) is 40.7 Å². The van der Waals surface area contributed by atoms with Crippen molar-refractivity contribution in [3.63, 3.8) is 0 Å². The van der Waals surface area contributed by atoms with Crippen LogP contribution in [-0.2, 0) is 0 Å². The van der Waals surface area contributed by atoms with Crippen molar-refractivity contribution in [2.45, 2.75) is 66.0 Å². The first-order valence-corrected chi connectivity index (χ1v) is 6.76. The molecule has 0 amide bonds. The van der Waals surface area contributed by atoms with Gasteiger partial charge in [0.2, 0.25) is 0 Å². The van der Waals surface area contributed by atoms with Crippen LogP contribution in [0.3, 0.4) is 0 Å². The first-order valence-electron chi connectivity index (χ1n) is 6.76. The van der Waals surface area contributed by atoms with E-state index in [4.69, 9.17) is 5.73 Å². The Morgan fingerprint density at radius 2 is 1.50 bits per heavy atom. The minimum absolute atomic E-state index is 0.168. The molecule has 3 unspecified atom stereocenters. The first kappa shape index (κ1) is 15.2. The van der Waals surface area contributed by atoms with Gasteiger partial charge in [0.25, 0.3) is 0 Å². The smallest absolute Gasteiger partial charge is 0.0694 e. The fraction of sp³-hybridized carbons (Fsp3) is 0.625. The van der Waals surface area contributed by atoms with Gasteiger partial charge in [-0.15, -0.1) is 0 Å².